The molecular formula is C11H17ClN2O. The maximum atomic E-state index is 5.98. The molecule has 0 aliphatic rings. The summed E-state index contributed by atoms with van der Waals surface area (Å²) in [6.07, 6.45) is 0.934. The van der Waals surface area contributed by atoms with Gasteiger partial charge in [0.25, 0.3) is 0 Å². The lowest BCUT2D eigenvalue weighted by Gasteiger charge is -2.10. The summed E-state index contributed by atoms with van der Waals surface area (Å²) in [4.78, 5) is 0. The number of hydrogen-bond donors (Lipinski definition) is 2. The van der Waals surface area contributed by atoms with E-state index in [9.17, 15) is 0 Å². The van der Waals surface area contributed by atoms with E-state index in [2.05, 4.69) is 5.32 Å². The summed E-state index contributed by atoms with van der Waals surface area (Å²) in [7, 11) is 1.60. The largest absolute Gasteiger partial charge is 0.495 e. The van der Waals surface area contributed by atoms with Gasteiger partial charge in [-0.3, -0.25) is 0 Å². The van der Waals surface area contributed by atoms with Crippen LogP contribution >= 0.6 is 11.6 Å². The van der Waals surface area contributed by atoms with Crippen LogP contribution in [-0.4, -0.2) is 19.7 Å². The number of hydrogen-bond acceptors (Lipinski definition) is 3. The first-order valence-electron chi connectivity index (χ1n) is 4.96. The SMILES string of the molecule is COc1ccc(NCCC(C)N)cc1Cl. The number of ether oxygens (including phenoxy) is 1. The van der Waals surface area contributed by atoms with Crippen LogP contribution in [0.15, 0.2) is 18.2 Å². The van der Waals surface area contributed by atoms with Crippen LogP contribution in [0.5, 0.6) is 5.75 Å². The van der Waals surface area contributed by atoms with E-state index in [4.69, 9.17) is 22.1 Å². The zero-order chi connectivity index (χ0) is 11.3. The average Bonchev–Trinajstić information content (AvgIpc) is 2.17. The van der Waals surface area contributed by atoms with E-state index in [-0.39, 0.29) is 6.04 Å². The van der Waals surface area contributed by atoms with Crippen molar-refractivity contribution < 1.29 is 4.74 Å². The van der Waals surface area contributed by atoms with E-state index >= 15 is 0 Å². The van der Waals surface area contributed by atoms with Crippen LogP contribution in [0.3, 0.4) is 0 Å². The maximum Gasteiger partial charge on any atom is 0.137 e. The Bertz CT molecular complexity index is 315. The molecule has 1 rings (SSSR count). The number of nitrogens with one attached hydrogen (secondary N) is 1. The fourth-order valence-corrected chi connectivity index (χ4v) is 1.48. The van der Waals surface area contributed by atoms with Gasteiger partial charge in [0.05, 0.1) is 12.1 Å². The molecule has 0 aliphatic heterocycles. The zero-order valence-corrected chi connectivity index (χ0v) is 9.84. The first-order chi connectivity index (χ1) is 7.13. The molecule has 0 fully saturated rings. The van der Waals surface area contributed by atoms with E-state index in [0.29, 0.717) is 10.8 Å². The second-order valence-electron chi connectivity index (χ2n) is 3.54. The molecule has 3 nitrogen and oxygen atoms in total. The van der Waals surface area contributed by atoms with Crippen molar-refractivity contribution in [1.82, 2.24) is 0 Å². The number of methoxy groups -OCH3 is 1. The highest BCUT2D eigenvalue weighted by molar-refractivity contribution is 6.32. The van der Waals surface area contributed by atoms with Gasteiger partial charge in [0.1, 0.15) is 5.75 Å². The Morgan fingerprint density at radius 1 is 1.53 bits per heavy atom. The molecule has 84 valence electrons. The normalized spacial score (nSPS) is 12.3. The van der Waals surface area contributed by atoms with E-state index < -0.39 is 0 Å². The smallest absolute Gasteiger partial charge is 0.137 e. The summed E-state index contributed by atoms with van der Waals surface area (Å²) >= 11 is 5.98. The molecule has 0 aliphatic carbocycles. The number of halogens is 1. The van der Waals surface area contributed by atoms with Crippen LogP contribution in [0, 0.1) is 0 Å². The molecule has 0 saturated carbocycles. The molecule has 4 heteroatoms. The molecule has 0 amide bonds. The lowest BCUT2D eigenvalue weighted by Crippen LogP contribution is -2.19. The lowest BCUT2D eigenvalue weighted by atomic mass is 10.2. The van der Waals surface area contributed by atoms with Gasteiger partial charge in [-0.25, -0.2) is 0 Å². The van der Waals surface area contributed by atoms with Crippen molar-refractivity contribution in [2.24, 2.45) is 5.73 Å². The Kier molecular flexibility index (Phi) is 4.72. The van der Waals surface area contributed by atoms with Gasteiger partial charge in [-0.15, -0.1) is 0 Å². The van der Waals surface area contributed by atoms with Gasteiger partial charge >= 0.3 is 0 Å². The van der Waals surface area contributed by atoms with E-state index in [1.807, 2.05) is 25.1 Å². The molecule has 1 aromatic rings. The predicted octanol–water partition coefficient (Wildman–Crippen LogP) is 2.50. The average molecular weight is 229 g/mol. The summed E-state index contributed by atoms with van der Waals surface area (Å²) < 4.78 is 5.06. The Morgan fingerprint density at radius 2 is 2.27 bits per heavy atom. The quantitative estimate of drug-likeness (QED) is 0.814. The maximum absolute atomic E-state index is 5.98. The minimum absolute atomic E-state index is 0.214. The highest BCUT2D eigenvalue weighted by atomic mass is 35.5. The second kappa shape index (κ2) is 5.83. The van der Waals surface area contributed by atoms with Gasteiger partial charge < -0.3 is 15.8 Å². The fraction of sp³-hybridized carbons (Fsp3) is 0.455. The van der Waals surface area contributed by atoms with Gasteiger partial charge in [0.15, 0.2) is 0 Å². The Morgan fingerprint density at radius 3 is 2.80 bits per heavy atom. The predicted molar refractivity (Wildman–Crippen MR) is 64.8 cm³/mol. The molecule has 1 atom stereocenters. The van der Waals surface area contributed by atoms with Crippen LogP contribution in [-0.2, 0) is 0 Å². The van der Waals surface area contributed by atoms with E-state index in [0.717, 1.165) is 18.7 Å². The molecule has 0 bridgehead atoms. The molecule has 0 aromatic heterocycles. The van der Waals surface area contributed by atoms with Gasteiger partial charge in [-0.2, -0.15) is 0 Å². The Balaban J connectivity index is 2.52. The number of nitrogens with two attached hydrogens (primary N) is 1. The van der Waals surface area contributed by atoms with Crippen molar-refractivity contribution in [3.8, 4) is 5.75 Å². The molecule has 0 saturated heterocycles. The highest BCUT2D eigenvalue weighted by Gasteiger charge is 2.01. The molecule has 1 unspecified atom stereocenters. The molecular weight excluding hydrogens is 212 g/mol. The van der Waals surface area contributed by atoms with Crippen molar-refractivity contribution in [3.63, 3.8) is 0 Å². The van der Waals surface area contributed by atoms with Crippen LogP contribution < -0.4 is 15.8 Å². The van der Waals surface area contributed by atoms with Crippen molar-refractivity contribution in [1.29, 1.82) is 0 Å². The summed E-state index contributed by atoms with van der Waals surface area (Å²) in [5.74, 6) is 0.689. The van der Waals surface area contributed by atoms with Crippen LogP contribution in [0.4, 0.5) is 5.69 Å². The number of anilines is 1. The van der Waals surface area contributed by atoms with Gasteiger partial charge in [-0.1, -0.05) is 11.6 Å². The minimum atomic E-state index is 0.214. The van der Waals surface area contributed by atoms with Crippen molar-refractivity contribution >= 4 is 17.3 Å². The Labute approximate surface area is 95.6 Å². The van der Waals surface area contributed by atoms with E-state index in [1.54, 1.807) is 7.11 Å². The molecule has 0 spiro atoms. The second-order valence-corrected chi connectivity index (χ2v) is 3.95. The molecule has 3 N–H and O–H groups in total. The molecule has 0 radical (unpaired) electrons. The minimum Gasteiger partial charge on any atom is -0.495 e. The van der Waals surface area contributed by atoms with Crippen molar-refractivity contribution in [2.45, 2.75) is 19.4 Å². The topological polar surface area (TPSA) is 47.3 Å². The molecule has 0 heterocycles. The standard InChI is InChI=1S/C11H17ClN2O/c1-8(13)5-6-14-9-3-4-11(15-2)10(12)7-9/h3-4,7-8,14H,5-6,13H2,1-2H3. The van der Waals surface area contributed by atoms with Crippen molar-refractivity contribution in [3.05, 3.63) is 23.2 Å². The third-order valence-electron chi connectivity index (χ3n) is 2.08. The highest BCUT2D eigenvalue weighted by Crippen LogP contribution is 2.27. The third-order valence-corrected chi connectivity index (χ3v) is 2.38. The zero-order valence-electron chi connectivity index (χ0n) is 9.09. The van der Waals surface area contributed by atoms with Gasteiger partial charge in [-0.05, 0) is 31.5 Å². The number of rotatable bonds is 5. The summed E-state index contributed by atoms with van der Waals surface area (Å²) in [5, 5.41) is 3.86. The molecule has 1 aromatic carbocycles. The summed E-state index contributed by atoms with van der Waals surface area (Å²) in [6.45, 7) is 2.84. The Hall–Kier alpha value is -0.930. The van der Waals surface area contributed by atoms with E-state index in [1.165, 1.54) is 0 Å². The van der Waals surface area contributed by atoms with Crippen molar-refractivity contribution in [2.75, 3.05) is 19.0 Å². The first kappa shape index (κ1) is 12.1. The van der Waals surface area contributed by atoms with Gasteiger partial charge in [0, 0.05) is 18.3 Å². The number of benzene rings is 1. The third kappa shape index (κ3) is 3.98. The summed E-state index contributed by atoms with van der Waals surface area (Å²) in [5.41, 5.74) is 6.63. The molecule has 15 heavy (non-hydrogen) atoms. The first-order valence-corrected chi connectivity index (χ1v) is 5.34. The monoisotopic (exact) mass is 228 g/mol. The lowest BCUT2D eigenvalue weighted by molar-refractivity contribution is 0.415. The van der Waals surface area contributed by atoms with Gasteiger partial charge in [0.2, 0.25) is 0 Å². The fourth-order valence-electron chi connectivity index (χ4n) is 1.22. The van der Waals surface area contributed by atoms with Crippen LogP contribution in [0.1, 0.15) is 13.3 Å². The summed E-state index contributed by atoms with van der Waals surface area (Å²) in [6, 6.07) is 5.84. The van der Waals surface area contributed by atoms with Crippen LogP contribution in [0.2, 0.25) is 5.02 Å². The van der Waals surface area contributed by atoms with Crippen LogP contribution in [0.25, 0.3) is 0 Å².